The summed E-state index contributed by atoms with van der Waals surface area (Å²) in [5.74, 6) is 1.19. The Hall–Kier alpha value is -2.75. The number of alkyl halides is 3. The normalized spacial score (nSPS) is 24.1. The van der Waals surface area contributed by atoms with Gasteiger partial charge in [-0.3, -0.25) is 0 Å². The van der Waals surface area contributed by atoms with Gasteiger partial charge in [-0.15, -0.1) is 0 Å². The number of hydrogen-bond acceptors (Lipinski definition) is 4. The van der Waals surface area contributed by atoms with Gasteiger partial charge in [0.25, 0.3) is 0 Å². The van der Waals surface area contributed by atoms with Gasteiger partial charge in [-0.05, 0) is 49.6 Å². The Morgan fingerprint density at radius 3 is 2.43 bits per heavy atom. The van der Waals surface area contributed by atoms with Gasteiger partial charge in [0.05, 0.1) is 11.1 Å². The minimum Gasteiger partial charge on any atom is -0.489 e. The van der Waals surface area contributed by atoms with Crippen LogP contribution in [0.3, 0.4) is 0 Å². The van der Waals surface area contributed by atoms with Crippen LogP contribution >= 0.6 is 0 Å². The van der Waals surface area contributed by atoms with E-state index in [1.165, 1.54) is 6.07 Å². The van der Waals surface area contributed by atoms with E-state index in [0.29, 0.717) is 17.1 Å². The van der Waals surface area contributed by atoms with Crippen LogP contribution in [-0.2, 0) is 6.18 Å². The summed E-state index contributed by atoms with van der Waals surface area (Å²) in [7, 11) is 0. The smallest absolute Gasteiger partial charge is 0.417 e. The van der Waals surface area contributed by atoms with Gasteiger partial charge in [0.15, 0.2) is 0 Å². The molecule has 0 aliphatic carbocycles. The van der Waals surface area contributed by atoms with Crippen molar-refractivity contribution in [1.29, 1.82) is 5.26 Å². The molecular weight excluding hydrogens is 367 g/mol. The molecule has 0 unspecified atom stereocenters. The fraction of sp³-hybridized carbons (Fsp3) is 0.429. The SMILES string of the molecule is Cc1ccc(O[C@H]2C[C@H]3CC[C@@H](C2)N3c2ccc(C(F)(F)F)cn2)c(C#N)c1. The molecule has 146 valence electrons. The number of ether oxygens (including phenoxy) is 1. The van der Waals surface area contributed by atoms with Crippen molar-refractivity contribution in [3.8, 4) is 11.8 Å². The lowest BCUT2D eigenvalue weighted by molar-refractivity contribution is -0.137. The van der Waals surface area contributed by atoms with Crippen LogP contribution in [0.5, 0.6) is 5.75 Å². The molecule has 0 spiro atoms. The van der Waals surface area contributed by atoms with Crippen molar-refractivity contribution in [2.45, 2.75) is 57.0 Å². The number of benzene rings is 1. The van der Waals surface area contributed by atoms with Crippen molar-refractivity contribution in [3.63, 3.8) is 0 Å². The Labute approximate surface area is 161 Å². The zero-order valence-electron chi connectivity index (χ0n) is 15.4. The number of halogens is 3. The summed E-state index contributed by atoms with van der Waals surface area (Å²) >= 11 is 0. The molecule has 1 aromatic heterocycles. The van der Waals surface area contributed by atoms with Gasteiger partial charge < -0.3 is 9.64 Å². The van der Waals surface area contributed by atoms with Gasteiger partial charge in [0.2, 0.25) is 0 Å². The molecule has 28 heavy (non-hydrogen) atoms. The van der Waals surface area contributed by atoms with E-state index in [1.54, 1.807) is 0 Å². The average molecular weight is 387 g/mol. The number of fused-ring (bicyclic) bond motifs is 2. The Bertz CT molecular complexity index is 891. The molecule has 0 saturated carbocycles. The van der Waals surface area contributed by atoms with Gasteiger partial charge >= 0.3 is 6.18 Å². The summed E-state index contributed by atoms with van der Waals surface area (Å²) in [6.45, 7) is 1.93. The van der Waals surface area contributed by atoms with E-state index >= 15 is 0 Å². The van der Waals surface area contributed by atoms with E-state index in [0.717, 1.165) is 43.5 Å². The monoisotopic (exact) mass is 387 g/mol. The van der Waals surface area contributed by atoms with Gasteiger partial charge in [-0.25, -0.2) is 4.98 Å². The topological polar surface area (TPSA) is 49.1 Å². The van der Waals surface area contributed by atoms with E-state index in [9.17, 15) is 18.4 Å². The number of hydrogen-bond donors (Lipinski definition) is 0. The van der Waals surface area contributed by atoms with E-state index in [4.69, 9.17) is 4.74 Å². The third kappa shape index (κ3) is 3.51. The molecule has 4 rings (SSSR count). The van der Waals surface area contributed by atoms with Crippen LogP contribution in [-0.4, -0.2) is 23.2 Å². The number of aromatic nitrogens is 1. The van der Waals surface area contributed by atoms with E-state index in [1.807, 2.05) is 25.1 Å². The van der Waals surface area contributed by atoms with Gasteiger partial charge in [0, 0.05) is 31.1 Å². The molecule has 0 amide bonds. The van der Waals surface area contributed by atoms with Gasteiger partial charge in [0.1, 0.15) is 23.7 Å². The molecule has 0 N–H and O–H groups in total. The van der Waals surface area contributed by atoms with E-state index in [2.05, 4.69) is 16.0 Å². The Morgan fingerprint density at radius 1 is 1.14 bits per heavy atom. The van der Waals surface area contributed by atoms with Crippen molar-refractivity contribution in [2.24, 2.45) is 0 Å². The molecule has 3 heterocycles. The van der Waals surface area contributed by atoms with E-state index in [-0.39, 0.29) is 18.2 Å². The maximum absolute atomic E-state index is 12.8. The fourth-order valence-electron chi connectivity index (χ4n) is 4.32. The first-order valence-electron chi connectivity index (χ1n) is 9.34. The maximum atomic E-state index is 12.8. The largest absolute Gasteiger partial charge is 0.489 e. The maximum Gasteiger partial charge on any atom is 0.417 e. The molecule has 2 saturated heterocycles. The molecule has 3 atom stereocenters. The zero-order valence-corrected chi connectivity index (χ0v) is 15.4. The van der Waals surface area contributed by atoms with Crippen LogP contribution in [0.1, 0.15) is 42.4 Å². The summed E-state index contributed by atoms with van der Waals surface area (Å²) in [6, 6.07) is 10.7. The van der Waals surface area contributed by atoms with Crippen LogP contribution in [0, 0.1) is 18.3 Å². The van der Waals surface area contributed by atoms with E-state index < -0.39 is 11.7 Å². The second kappa shape index (κ2) is 7.01. The molecule has 1 aromatic carbocycles. The molecular formula is C21H20F3N3O. The van der Waals surface area contributed by atoms with Crippen LogP contribution in [0.2, 0.25) is 0 Å². The molecule has 2 bridgehead atoms. The highest BCUT2D eigenvalue weighted by atomic mass is 19.4. The van der Waals surface area contributed by atoms with Crippen LogP contribution in [0.25, 0.3) is 0 Å². The first-order valence-corrected chi connectivity index (χ1v) is 9.34. The van der Waals surface area contributed by atoms with Crippen molar-refractivity contribution >= 4 is 5.82 Å². The van der Waals surface area contributed by atoms with Crippen LogP contribution in [0.15, 0.2) is 36.5 Å². The van der Waals surface area contributed by atoms with Gasteiger partial charge in [-0.2, -0.15) is 18.4 Å². The Kier molecular flexibility index (Phi) is 4.66. The van der Waals surface area contributed by atoms with Crippen molar-refractivity contribution < 1.29 is 17.9 Å². The predicted octanol–water partition coefficient (Wildman–Crippen LogP) is 4.86. The summed E-state index contributed by atoms with van der Waals surface area (Å²) in [5, 5.41) is 9.33. The fourth-order valence-corrected chi connectivity index (χ4v) is 4.32. The lowest BCUT2D eigenvalue weighted by atomic mass is 9.99. The number of pyridine rings is 1. The molecule has 7 heteroatoms. The summed E-state index contributed by atoms with van der Waals surface area (Å²) in [6.07, 6.45) is -0.0345. The Morgan fingerprint density at radius 2 is 1.86 bits per heavy atom. The second-order valence-electron chi connectivity index (χ2n) is 7.52. The average Bonchev–Trinajstić information content (AvgIpc) is 2.93. The predicted molar refractivity (Wildman–Crippen MR) is 98.1 cm³/mol. The number of rotatable bonds is 3. The number of aryl methyl sites for hydroxylation is 1. The standard InChI is InChI=1S/C21H20F3N3O/c1-13-2-6-19(14(8-13)11-25)28-18-9-16-4-5-17(10-18)27(16)20-7-3-15(12-26-20)21(22,23)24/h2-3,6-8,12,16-18H,4-5,9-10H2,1H3/t16-,17+,18+. The highest BCUT2D eigenvalue weighted by Crippen LogP contribution is 2.40. The highest BCUT2D eigenvalue weighted by Gasteiger charge is 2.42. The van der Waals surface area contributed by atoms with Crippen LogP contribution in [0.4, 0.5) is 19.0 Å². The lowest BCUT2D eigenvalue weighted by Crippen LogP contribution is -2.46. The van der Waals surface area contributed by atoms with Gasteiger partial charge in [-0.1, -0.05) is 6.07 Å². The zero-order chi connectivity index (χ0) is 19.9. The number of nitriles is 1. The quantitative estimate of drug-likeness (QED) is 0.755. The van der Waals surface area contributed by atoms with Crippen molar-refractivity contribution in [3.05, 3.63) is 53.2 Å². The summed E-state index contributed by atoms with van der Waals surface area (Å²) < 4.78 is 44.5. The molecule has 2 aliphatic rings. The molecule has 2 aromatic rings. The molecule has 4 nitrogen and oxygen atoms in total. The number of piperidine rings is 1. The lowest BCUT2D eigenvalue weighted by Gasteiger charge is -2.39. The minimum absolute atomic E-state index is 0.0157. The number of nitrogens with zero attached hydrogens (tertiary/aromatic N) is 3. The first-order chi connectivity index (χ1) is 13.3. The third-order valence-corrected chi connectivity index (χ3v) is 5.58. The highest BCUT2D eigenvalue weighted by molar-refractivity contribution is 5.47. The molecule has 2 aliphatic heterocycles. The summed E-state index contributed by atoms with van der Waals surface area (Å²) in [5.41, 5.74) is 0.802. The molecule has 2 fully saturated rings. The summed E-state index contributed by atoms with van der Waals surface area (Å²) in [4.78, 5) is 6.22. The molecule has 0 radical (unpaired) electrons. The number of anilines is 1. The first kappa shape index (κ1) is 18.6. The van der Waals surface area contributed by atoms with Crippen molar-refractivity contribution in [1.82, 2.24) is 4.98 Å². The second-order valence-corrected chi connectivity index (χ2v) is 7.52. The third-order valence-electron chi connectivity index (χ3n) is 5.58. The Balaban J connectivity index is 1.49. The van der Waals surface area contributed by atoms with Crippen LogP contribution < -0.4 is 9.64 Å². The van der Waals surface area contributed by atoms with Crippen molar-refractivity contribution in [2.75, 3.05) is 4.90 Å². The minimum atomic E-state index is -4.38.